The molecule has 0 radical (unpaired) electrons. The van der Waals surface area contributed by atoms with Gasteiger partial charge in [-0.3, -0.25) is 4.79 Å². The lowest BCUT2D eigenvalue weighted by atomic mass is 9.82. The Balaban J connectivity index is 1.67. The molecule has 0 atom stereocenters. The Bertz CT molecular complexity index is 745. The summed E-state index contributed by atoms with van der Waals surface area (Å²) >= 11 is 0. The number of nitrogens with one attached hydrogen (secondary N) is 1. The maximum absolute atomic E-state index is 12.3. The maximum atomic E-state index is 12.3. The third-order valence-electron chi connectivity index (χ3n) is 4.98. The molecule has 3 rings (SSSR count). The fourth-order valence-electron chi connectivity index (χ4n) is 3.68. The van der Waals surface area contributed by atoms with Crippen molar-refractivity contribution in [2.24, 2.45) is 0 Å². The van der Waals surface area contributed by atoms with Crippen molar-refractivity contribution in [3.05, 3.63) is 47.3 Å². The molecule has 5 heteroatoms. The van der Waals surface area contributed by atoms with Crippen LogP contribution in [0.5, 0.6) is 0 Å². The van der Waals surface area contributed by atoms with E-state index in [1.165, 1.54) is 0 Å². The van der Waals surface area contributed by atoms with Gasteiger partial charge in [0.15, 0.2) is 0 Å². The van der Waals surface area contributed by atoms with Crippen LogP contribution in [0.3, 0.4) is 0 Å². The van der Waals surface area contributed by atoms with Crippen molar-refractivity contribution in [3.8, 4) is 5.69 Å². The average Bonchev–Trinajstić information content (AvgIpc) is 2.92. The minimum Gasteiger partial charge on any atom is -0.389 e. The second-order valence-electron chi connectivity index (χ2n) is 7.21. The first-order valence-electron chi connectivity index (χ1n) is 9.07. The topological polar surface area (TPSA) is 67.2 Å². The number of aromatic nitrogens is 2. The molecule has 0 unspecified atom stereocenters. The molecule has 1 heterocycles. The van der Waals surface area contributed by atoms with Gasteiger partial charge in [0, 0.05) is 12.2 Å². The molecule has 1 aliphatic rings. The van der Waals surface area contributed by atoms with Gasteiger partial charge in [-0.25, -0.2) is 4.68 Å². The minimum absolute atomic E-state index is 0.0902. The lowest BCUT2D eigenvalue weighted by molar-refractivity contribution is -0.127. The van der Waals surface area contributed by atoms with Crippen LogP contribution in [0.25, 0.3) is 5.69 Å². The molecule has 1 fully saturated rings. The Hall–Kier alpha value is -2.14. The quantitative estimate of drug-likeness (QED) is 0.878. The number of nitrogens with zero attached hydrogens (tertiary/aromatic N) is 2. The van der Waals surface area contributed by atoms with Crippen LogP contribution in [-0.4, -0.2) is 26.4 Å². The lowest BCUT2D eigenvalue weighted by Gasteiger charge is -2.31. The zero-order valence-electron chi connectivity index (χ0n) is 15.1. The molecular weight excluding hydrogens is 314 g/mol. The first kappa shape index (κ1) is 17.7. The van der Waals surface area contributed by atoms with Gasteiger partial charge in [0.2, 0.25) is 5.91 Å². The smallest absolute Gasteiger partial charge is 0.223 e. The van der Waals surface area contributed by atoms with Crippen LogP contribution in [0.2, 0.25) is 0 Å². The third-order valence-corrected chi connectivity index (χ3v) is 4.98. The summed E-state index contributed by atoms with van der Waals surface area (Å²) in [6, 6.07) is 9.98. The van der Waals surface area contributed by atoms with Gasteiger partial charge in [0.25, 0.3) is 0 Å². The van der Waals surface area contributed by atoms with Crippen molar-refractivity contribution >= 4 is 5.91 Å². The van der Waals surface area contributed by atoms with Crippen molar-refractivity contribution in [3.63, 3.8) is 0 Å². The molecule has 5 nitrogen and oxygen atoms in total. The van der Waals surface area contributed by atoms with E-state index in [2.05, 4.69) is 10.4 Å². The van der Waals surface area contributed by atoms with Crippen LogP contribution in [-0.2, 0) is 11.3 Å². The summed E-state index contributed by atoms with van der Waals surface area (Å²) in [6.07, 6.45) is 4.80. The highest BCUT2D eigenvalue weighted by Crippen LogP contribution is 2.30. The van der Waals surface area contributed by atoms with Crippen LogP contribution in [0.4, 0.5) is 0 Å². The Labute approximate surface area is 149 Å². The van der Waals surface area contributed by atoms with Gasteiger partial charge >= 0.3 is 0 Å². The van der Waals surface area contributed by atoms with E-state index in [-0.39, 0.29) is 12.3 Å². The van der Waals surface area contributed by atoms with E-state index in [4.69, 9.17) is 0 Å². The van der Waals surface area contributed by atoms with Crippen molar-refractivity contribution in [2.75, 3.05) is 0 Å². The van der Waals surface area contributed by atoms with Gasteiger partial charge in [-0.1, -0.05) is 37.5 Å². The Morgan fingerprint density at radius 1 is 1.24 bits per heavy atom. The molecular formula is C20H27N3O2. The van der Waals surface area contributed by atoms with E-state index in [1.807, 2.05) is 48.9 Å². The number of carbonyl (C=O) groups excluding carboxylic acids is 1. The monoisotopic (exact) mass is 341 g/mol. The molecule has 1 aliphatic carbocycles. The summed E-state index contributed by atoms with van der Waals surface area (Å²) in [5.41, 5.74) is 3.20. The molecule has 0 spiro atoms. The molecule has 0 bridgehead atoms. The standard InChI is InChI=1S/C20H27N3O2/c1-15-12-16(2)23(22-15)18-9-5-4-8-17(18)14-21-19(24)13-20(25)10-6-3-7-11-20/h4-5,8-9,12,25H,3,6-7,10-11,13-14H2,1-2H3,(H,21,24). The van der Waals surface area contributed by atoms with Crippen LogP contribution in [0, 0.1) is 13.8 Å². The van der Waals surface area contributed by atoms with Crippen LogP contribution in [0.1, 0.15) is 55.5 Å². The number of hydrogen-bond acceptors (Lipinski definition) is 3. The van der Waals surface area contributed by atoms with Gasteiger partial charge < -0.3 is 10.4 Å². The zero-order valence-corrected chi connectivity index (χ0v) is 15.1. The van der Waals surface area contributed by atoms with Gasteiger partial charge in [-0.05, 0) is 44.4 Å². The van der Waals surface area contributed by atoms with Crippen molar-refractivity contribution < 1.29 is 9.90 Å². The maximum Gasteiger partial charge on any atom is 0.223 e. The number of aryl methyl sites for hydroxylation is 2. The lowest BCUT2D eigenvalue weighted by Crippen LogP contribution is -2.38. The van der Waals surface area contributed by atoms with Gasteiger partial charge in [-0.2, -0.15) is 5.10 Å². The third kappa shape index (κ3) is 4.28. The molecule has 2 N–H and O–H groups in total. The van der Waals surface area contributed by atoms with Crippen LogP contribution >= 0.6 is 0 Å². The predicted molar refractivity (Wildman–Crippen MR) is 97.5 cm³/mol. The van der Waals surface area contributed by atoms with Crippen molar-refractivity contribution in [1.29, 1.82) is 0 Å². The minimum atomic E-state index is -0.822. The Morgan fingerprint density at radius 3 is 2.64 bits per heavy atom. The van der Waals surface area contributed by atoms with Crippen LogP contribution in [0.15, 0.2) is 30.3 Å². The Kier molecular flexibility index (Phi) is 5.23. The van der Waals surface area contributed by atoms with Gasteiger partial charge in [0.1, 0.15) is 0 Å². The zero-order chi connectivity index (χ0) is 17.9. The van der Waals surface area contributed by atoms with Crippen molar-refractivity contribution in [1.82, 2.24) is 15.1 Å². The number of hydrogen-bond donors (Lipinski definition) is 2. The van der Waals surface area contributed by atoms with Crippen molar-refractivity contribution in [2.45, 2.75) is 64.5 Å². The largest absolute Gasteiger partial charge is 0.389 e. The molecule has 1 aromatic heterocycles. The molecule has 0 saturated heterocycles. The summed E-state index contributed by atoms with van der Waals surface area (Å²) in [5, 5.41) is 18.0. The summed E-state index contributed by atoms with van der Waals surface area (Å²) < 4.78 is 1.91. The summed E-state index contributed by atoms with van der Waals surface area (Å²) in [4.78, 5) is 12.3. The Morgan fingerprint density at radius 2 is 1.96 bits per heavy atom. The first-order chi connectivity index (χ1) is 12.0. The van der Waals surface area contributed by atoms with E-state index in [9.17, 15) is 9.90 Å². The summed E-state index contributed by atoms with van der Waals surface area (Å²) in [7, 11) is 0. The molecule has 1 saturated carbocycles. The number of amides is 1. The second-order valence-corrected chi connectivity index (χ2v) is 7.21. The summed E-state index contributed by atoms with van der Waals surface area (Å²) in [6.45, 7) is 4.43. The molecule has 134 valence electrons. The molecule has 1 amide bonds. The molecule has 2 aromatic rings. The number of para-hydroxylation sites is 1. The number of benzene rings is 1. The number of aliphatic hydroxyl groups is 1. The van der Waals surface area contributed by atoms with E-state index in [1.54, 1.807) is 0 Å². The van der Waals surface area contributed by atoms with Crippen LogP contribution < -0.4 is 5.32 Å². The summed E-state index contributed by atoms with van der Waals surface area (Å²) in [5.74, 6) is -0.0902. The SMILES string of the molecule is Cc1cc(C)n(-c2ccccc2CNC(=O)CC2(O)CCCCC2)n1. The second kappa shape index (κ2) is 7.40. The van der Waals surface area contributed by atoms with Gasteiger partial charge in [-0.15, -0.1) is 0 Å². The number of rotatable bonds is 5. The predicted octanol–water partition coefficient (Wildman–Crippen LogP) is 3.19. The highest BCUT2D eigenvalue weighted by atomic mass is 16.3. The number of carbonyl (C=O) groups is 1. The molecule has 0 aliphatic heterocycles. The highest BCUT2D eigenvalue weighted by molar-refractivity contribution is 5.77. The van der Waals surface area contributed by atoms with E-state index >= 15 is 0 Å². The fourth-order valence-corrected chi connectivity index (χ4v) is 3.68. The molecule has 25 heavy (non-hydrogen) atoms. The van der Waals surface area contributed by atoms with Gasteiger partial charge in [0.05, 0.1) is 23.4 Å². The van der Waals surface area contributed by atoms with E-state index in [0.29, 0.717) is 6.54 Å². The molecule has 1 aromatic carbocycles. The highest BCUT2D eigenvalue weighted by Gasteiger charge is 2.31. The normalized spacial score (nSPS) is 16.6. The van der Waals surface area contributed by atoms with E-state index in [0.717, 1.165) is 54.7 Å². The fraction of sp³-hybridized carbons (Fsp3) is 0.500. The van der Waals surface area contributed by atoms with E-state index < -0.39 is 5.60 Å². The first-order valence-corrected chi connectivity index (χ1v) is 9.07. The average molecular weight is 341 g/mol.